The molecule has 0 N–H and O–H groups in total. The van der Waals surface area contributed by atoms with Crippen molar-refractivity contribution in [2.45, 2.75) is 24.5 Å². The molecule has 1 aromatic heterocycles. The Morgan fingerprint density at radius 2 is 2.11 bits per heavy atom. The molecule has 0 saturated carbocycles. The fourth-order valence-electron chi connectivity index (χ4n) is 3.48. The molecule has 4 heteroatoms. The van der Waals surface area contributed by atoms with Crippen LogP contribution in [0.2, 0.25) is 0 Å². The summed E-state index contributed by atoms with van der Waals surface area (Å²) in [6.07, 6.45) is 8.41. The van der Waals surface area contributed by atoms with Crippen LogP contribution in [0.5, 0.6) is 0 Å². The minimum atomic E-state index is 0.606. The molecule has 4 rings (SSSR count). The molecule has 3 aliphatic rings. The van der Waals surface area contributed by atoms with Crippen LogP contribution < -0.4 is 4.90 Å². The first-order chi connectivity index (χ1) is 9.35. The third-order valence-electron chi connectivity index (χ3n) is 4.58. The van der Waals surface area contributed by atoms with E-state index in [0.717, 1.165) is 37.7 Å². The number of terminal acetylenes is 1. The topological polar surface area (TPSA) is 28.6 Å². The number of fused-ring (bicyclic) bond motifs is 2. The van der Waals surface area contributed by atoms with Gasteiger partial charge in [0.1, 0.15) is 5.82 Å². The van der Waals surface area contributed by atoms with Crippen LogP contribution in [0.25, 0.3) is 0 Å². The van der Waals surface area contributed by atoms with E-state index in [2.05, 4.69) is 20.7 Å². The molecule has 3 saturated heterocycles. The molecular weight excluding hydrogens is 238 g/mol. The van der Waals surface area contributed by atoms with Gasteiger partial charge in [0.05, 0.1) is 19.3 Å². The standard InChI is InChI=1S/C15H17N3O/c1-2-11-3-4-15(16-6-11)18-8-12-5-13(18)7-17(12)14-9-19-10-14/h1,3-4,6,12-14H,5,7-10H2/t12-,13-/m1/s1. The van der Waals surface area contributed by atoms with Gasteiger partial charge in [-0.15, -0.1) is 6.42 Å². The predicted octanol–water partition coefficient (Wildman–Crippen LogP) is 0.725. The Morgan fingerprint density at radius 3 is 2.63 bits per heavy atom. The number of ether oxygens (including phenoxy) is 1. The number of hydrogen-bond donors (Lipinski definition) is 0. The first kappa shape index (κ1) is 11.3. The van der Waals surface area contributed by atoms with E-state index in [1.807, 2.05) is 12.1 Å². The highest BCUT2D eigenvalue weighted by Crippen LogP contribution is 2.35. The Bertz CT molecular complexity index is 517. The monoisotopic (exact) mass is 255 g/mol. The molecule has 4 heterocycles. The molecule has 0 aliphatic carbocycles. The molecule has 4 nitrogen and oxygen atoms in total. The van der Waals surface area contributed by atoms with Crippen LogP contribution in [-0.4, -0.2) is 54.3 Å². The maximum Gasteiger partial charge on any atom is 0.128 e. The second-order valence-electron chi connectivity index (χ2n) is 5.63. The van der Waals surface area contributed by atoms with Crippen molar-refractivity contribution in [3.05, 3.63) is 23.9 Å². The van der Waals surface area contributed by atoms with Crippen molar-refractivity contribution in [3.8, 4) is 12.3 Å². The normalized spacial score (nSPS) is 30.4. The smallest absolute Gasteiger partial charge is 0.128 e. The number of pyridine rings is 1. The lowest BCUT2D eigenvalue weighted by atomic mass is 10.1. The second-order valence-corrected chi connectivity index (χ2v) is 5.63. The summed E-state index contributed by atoms with van der Waals surface area (Å²) in [5.74, 6) is 3.68. The Kier molecular flexibility index (Phi) is 2.51. The molecule has 19 heavy (non-hydrogen) atoms. The number of anilines is 1. The van der Waals surface area contributed by atoms with Crippen molar-refractivity contribution in [1.82, 2.24) is 9.88 Å². The summed E-state index contributed by atoms with van der Waals surface area (Å²) in [5.41, 5.74) is 0.848. The SMILES string of the molecule is C#Cc1ccc(N2C[C@H]3C[C@@H]2CN3C2COC2)nc1. The molecule has 0 spiro atoms. The molecule has 3 fully saturated rings. The van der Waals surface area contributed by atoms with Crippen LogP contribution in [0, 0.1) is 12.3 Å². The van der Waals surface area contributed by atoms with Crippen LogP contribution in [0.1, 0.15) is 12.0 Å². The average molecular weight is 255 g/mol. The van der Waals surface area contributed by atoms with Gasteiger partial charge in [-0.3, -0.25) is 4.90 Å². The van der Waals surface area contributed by atoms with Gasteiger partial charge >= 0.3 is 0 Å². The Balaban J connectivity index is 1.49. The molecule has 3 aliphatic heterocycles. The van der Waals surface area contributed by atoms with Crippen molar-refractivity contribution in [2.75, 3.05) is 31.2 Å². The lowest BCUT2D eigenvalue weighted by Gasteiger charge is -2.42. The van der Waals surface area contributed by atoms with Gasteiger partial charge < -0.3 is 9.64 Å². The Morgan fingerprint density at radius 1 is 1.21 bits per heavy atom. The number of nitrogens with zero attached hydrogens (tertiary/aromatic N) is 3. The van der Waals surface area contributed by atoms with E-state index in [0.29, 0.717) is 18.1 Å². The quantitative estimate of drug-likeness (QED) is 0.728. The van der Waals surface area contributed by atoms with E-state index in [9.17, 15) is 0 Å². The summed E-state index contributed by atoms with van der Waals surface area (Å²) in [4.78, 5) is 9.55. The van der Waals surface area contributed by atoms with Gasteiger partial charge in [-0.25, -0.2) is 4.98 Å². The van der Waals surface area contributed by atoms with E-state index in [-0.39, 0.29) is 0 Å². The van der Waals surface area contributed by atoms with Gasteiger partial charge in [-0.1, -0.05) is 5.92 Å². The molecule has 98 valence electrons. The van der Waals surface area contributed by atoms with E-state index < -0.39 is 0 Å². The molecule has 2 atom stereocenters. The largest absolute Gasteiger partial charge is 0.378 e. The zero-order valence-electron chi connectivity index (χ0n) is 10.8. The fraction of sp³-hybridized carbons (Fsp3) is 0.533. The first-order valence-corrected chi connectivity index (χ1v) is 6.88. The number of aromatic nitrogens is 1. The minimum absolute atomic E-state index is 0.606. The number of likely N-dealkylation sites (tertiary alicyclic amines) is 1. The summed E-state index contributed by atoms with van der Waals surface area (Å²) in [5, 5.41) is 0. The third kappa shape index (κ3) is 1.73. The molecule has 1 aromatic rings. The lowest BCUT2D eigenvalue weighted by molar-refractivity contribution is -0.0708. The zero-order chi connectivity index (χ0) is 12.8. The zero-order valence-corrected chi connectivity index (χ0v) is 10.8. The Labute approximate surface area is 113 Å². The van der Waals surface area contributed by atoms with Crippen LogP contribution >= 0.6 is 0 Å². The van der Waals surface area contributed by atoms with Gasteiger partial charge in [-0.05, 0) is 18.6 Å². The average Bonchev–Trinajstić information content (AvgIpc) is 2.97. The summed E-state index contributed by atoms with van der Waals surface area (Å²) >= 11 is 0. The highest BCUT2D eigenvalue weighted by Gasteiger charge is 2.47. The van der Waals surface area contributed by atoms with Gasteiger partial charge in [0.15, 0.2) is 0 Å². The van der Waals surface area contributed by atoms with Gasteiger partial charge in [-0.2, -0.15) is 0 Å². The van der Waals surface area contributed by atoms with Gasteiger partial charge in [0.25, 0.3) is 0 Å². The maximum absolute atomic E-state index is 5.36. The van der Waals surface area contributed by atoms with Crippen molar-refractivity contribution in [2.24, 2.45) is 0 Å². The lowest BCUT2D eigenvalue weighted by Crippen LogP contribution is -2.56. The van der Waals surface area contributed by atoms with E-state index in [1.165, 1.54) is 6.42 Å². The summed E-state index contributed by atoms with van der Waals surface area (Å²) in [7, 11) is 0. The van der Waals surface area contributed by atoms with Crippen LogP contribution in [0.3, 0.4) is 0 Å². The summed E-state index contributed by atoms with van der Waals surface area (Å²) < 4.78 is 5.31. The highest BCUT2D eigenvalue weighted by molar-refractivity contribution is 5.46. The van der Waals surface area contributed by atoms with Crippen molar-refractivity contribution < 1.29 is 4.74 Å². The third-order valence-corrected chi connectivity index (χ3v) is 4.58. The molecule has 2 bridgehead atoms. The van der Waals surface area contributed by atoms with E-state index in [4.69, 9.17) is 11.2 Å². The number of hydrogen-bond acceptors (Lipinski definition) is 4. The summed E-state index contributed by atoms with van der Waals surface area (Å²) in [6.45, 7) is 4.07. The van der Waals surface area contributed by atoms with Gasteiger partial charge in [0, 0.05) is 36.9 Å². The minimum Gasteiger partial charge on any atom is -0.378 e. The molecule has 0 unspecified atom stereocenters. The fourth-order valence-corrected chi connectivity index (χ4v) is 3.48. The maximum atomic E-state index is 5.36. The highest BCUT2D eigenvalue weighted by atomic mass is 16.5. The van der Waals surface area contributed by atoms with E-state index >= 15 is 0 Å². The van der Waals surface area contributed by atoms with Crippen molar-refractivity contribution in [1.29, 1.82) is 0 Å². The van der Waals surface area contributed by atoms with E-state index in [1.54, 1.807) is 6.20 Å². The first-order valence-electron chi connectivity index (χ1n) is 6.88. The molecule has 0 aromatic carbocycles. The number of piperazine rings is 1. The second kappa shape index (κ2) is 4.22. The molecule has 0 amide bonds. The number of rotatable bonds is 2. The Hall–Kier alpha value is -1.57. The van der Waals surface area contributed by atoms with Crippen LogP contribution in [0.15, 0.2) is 18.3 Å². The van der Waals surface area contributed by atoms with Gasteiger partial charge in [0.2, 0.25) is 0 Å². The van der Waals surface area contributed by atoms with Crippen molar-refractivity contribution >= 4 is 5.82 Å². The molecule has 0 radical (unpaired) electrons. The van der Waals surface area contributed by atoms with Crippen LogP contribution in [0.4, 0.5) is 5.82 Å². The van der Waals surface area contributed by atoms with Crippen LogP contribution in [-0.2, 0) is 4.74 Å². The molecular formula is C15H17N3O. The predicted molar refractivity (Wildman–Crippen MR) is 73.0 cm³/mol. The summed E-state index contributed by atoms with van der Waals surface area (Å²) in [6, 6.07) is 5.97. The van der Waals surface area contributed by atoms with Crippen molar-refractivity contribution in [3.63, 3.8) is 0 Å².